The van der Waals surface area contributed by atoms with E-state index in [1.807, 2.05) is 19.2 Å². The molecule has 19 heavy (non-hydrogen) atoms. The SMILES string of the molecule is CNCc1ccc(Cl)cc1Oc1cc(Cl)cc(Cl)c1. The predicted octanol–water partition coefficient (Wildman–Crippen LogP) is 5.16. The lowest BCUT2D eigenvalue weighted by Crippen LogP contribution is -2.06. The Bertz CT molecular complexity index is 567. The van der Waals surface area contributed by atoms with Crippen LogP contribution in [0.2, 0.25) is 15.1 Å². The first-order valence-corrected chi connectivity index (χ1v) is 6.79. The Labute approximate surface area is 127 Å². The van der Waals surface area contributed by atoms with Crippen molar-refractivity contribution in [3.63, 3.8) is 0 Å². The standard InChI is InChI=1S/C14H12Cl3NO/c1-18-8-9-2-3-10(15)7-14(9)19-13-5-11(16)4-12(17)6-13/h2-7,18H,8H2,1H3. The van der Waals surface area contributed by atoms with E-state index in [9.17, 15) is 0 Å². The molecule has 0 aliphatic carbocycles. The second-order valence-corrected chi connectivity index (χ2v) is 5.30. The third-order valence-corrected chi connectivity index (χ3v) is 3.13. The van der Waals surface area contributed by atoms with E-state index in [2.05, 4.69) is 5.32 Å². The van der Waals surface area contributed by atoms with Crippen molar-refractivity contribution in [1.82, 2.24) is 5.32 Å². The van der Waals surface area contributed by atoms with E-state index in [1.54, 1.807) is 24.3 Å². The molecule has 0 amide bonds. The van der Waals surface area contributed by atoms with E-state index in [-0.39, 0.29) is 0 Å². The first-order chi connectivity index (χ1) is 9.08. The summed E-state index contributed by atoms with van der Waals surface area (Å²) in [6, 6.07) is 10.6. The van der Waals surface area contributed by atoms with Crippen molar-refractivity contribution in [3.8, 4) is 11.5 Å². The molecule has 2 aromatic rings. The van der Waals surface area contributed by atoms with Gasteiger partial charge < -0.3 is 10.1 Å². The van der Waals surface area contributed by atoms with Crippen LogP contribution in [-0.2, 0) is 6.54 Å². The molecular formula is C14H12Cl3NO. The molecular weight excluding hydrogens is 305 g/mol. The van der Waals surface area contributed by atoms with Gasteiger partial charge in [-0.1, -0.05) is 40.9 Å². The topological polar surface area (TPSA) is 21.3 Å². The fourth-order valence-corrected chi connectivity index (χ4v) is 2.34. The van der Waals surface area contributed by atoms with E-state index >= 15 is 0 Å². The van der Waals surface area contributed by atoms with Crippen LogP contribution in [-0.4, -0.2) is 7.05 Å². The van der Waals surface area contributed by atoms with E-state index in [1.165, 1.54) is 0 Å². The molecule has 5 heteroatoms. The number of halogens is 3. The fourth-order valence-electron chi connectivity index (χ4n) is 1.67. The van der Waals surface area contributed by atoms with Crippen LogP contribution in [0.15, 0.2) is 36.4 Å². The lowest BCUT2D eigenvalue weighted by atomic mass is 10.2. The van der Waals surface area contributed by atoms with E-state index in [4.69, 9.17) is 39.5 Å². The molecule has 1 N–H and O–H groups in total. The van der Waals surface area contributed by atoms with Crippen molar-refractivity contribution >= 4 is 34.8 Å². The fraction of sp³-hybridized carbons (Fsp3) is 0.143. The molecule has 2 nitrogen and oxygen atoms in total. The number of nitrogens with one attached hydrogen (secondary N) is 1. The largest absolute Gasteiger partial charge is 0.457 e. The molecule has 0 unspecified atom stereocenters. The average Bonchev–Trinajstić information content (AvgIpc) is 2.31. The van der Waals surface area contributed by atoms with Crippen LogP contribution in [0, 0.1) is 0 Å². The molecule has 0 heterocycles. The molecule has 0 bridgehead atoms. The summed E-state index contributed by atoms with van der Waals surface area (Å²) in [4.78, 5) is 0. The molecule has 0 aliphatic rings. The second kappa shape index (κ2) is 6.49. The Balaban J connectivity index is 2.33. The summed E-state index contributed by atoms with van der Waals surface area (Å²) in [6.07, 6.45) is 0. The zero-order valence-corrected chi connectivity index (χ0v) is 12.5. The molecule has 2 rings (SSSR count). The van der Waals surface area contributed by atoms with Crippen molar-refractivity contribution in [2.45, 2.75) is 6.54 Å². The maximum Gasteiger partial charge on any atom is 0.133 e. The summed E-state index contributed by atoms with van der Waals surface area (Å²) in [7, 11) is 1.87. The third-order valence-electron chi connectivity index (χ3n) is 2.46. The molecule has 0 saturated carbocycles. The Morgan fingerprint density at radius 1 is 0.947 bits per heavy atom. The van der Waals surface area contributed by atoms with Crippen LogP contribution in [0.25, 0.3) is 0 Å². The third kappa shape index (κ3) is 4.02. The maximum atomic E-state index is 5.99. The number of hydrogen-bond acceptors (Lipinski definition) is 2. The summed E-state index contributed by atoms with van der Waals surface area (Å²) < 4.78 is 5.81. The molecule has 0 radical (unpaired) electrons. The minimum Gasteiger partial charge on any atom is -0.457 e. The highest BCUT2D eigenvalue weighted by atomic mass is 35.5. The van der Waals surface area contributed by atoms with Gasteiger partial charge in [-0.25, -0.2) is 0 Å². The highest BCUT2D eigenvalue weighted by Gasteiger charge is 2.07. The van der Waals surface area contributed by atoms with Crippen molar-refractivity contribution in [1.29, 1.82) is 0 Å². The van der Waals surface area contributed by atoms with Gasteiger partial charge in [0.05, 0.1) is 0 Å². The van der Waals surface area contributed by atoms with Gasteiger partial charge in [0.25, 0.3) is 0 Å². The van der Waals surface area contributed by atoms with Gasteiger partial charge in [0.1, 0.15) is 11.5 Å². The Hall–Kier alpha value is -0.930. The molecule has 100 valence electrons. The average molecular weight is 317 g/mol. The Morgan fingerprint density at radius 2 is 1.63 bits per heavy atom. The number of benzene rings is 2. The van der Waals surface area contributed by atoms with Gasteiger partial charge in [-0.2, -0.15) is 0 Å². The van der Waals surface area contributed by atoms with E-state index in [0.717, 1.165) is 5.56 Å². The predicted molar refractivity (Wildman–Crippen MR) is 80.8 cm³/mol. The van der Waals surface area contributed by atoms with Gasteiger partial charge in [-0.3, -0.25) is 0 Å². The zero-order chi connectivity index (χ0) is 13.8. The maximum absolute atomic E-state index is 5.99. The second-order valence-electron chi connectivity index (χ2n) is 3.99. The molecule has 0 aliphatic heterocycles. The lowest BCUT2D eigenvalue weighted by molar-refractivity contribution is 0.474. The van der Waals surface area contributed by atoms with Crippen LogP contribution in [0.1, 0.15) is 5.56 Å². The number of rotatable bonds is 4. The first kappa shape index (κ1) is 14.5. The van der Waals surface area contributed by atoms with Crippen LogP contribution in [0.5, 0.6) is 11.5 Å². The van der Waals surface area contributed by atoms with Crippen molar-refractivity contribution in [2.75, 3.05) is 7.05 Å². The molecule has 0 saturated heterocycles. The van der Waals surface area contributed by atoms with Crippen molar-refractivity contribution < 1.29 is 4.74 Å². The van der Waals surface area contributed by atoms with E-state index in [0.29, 0.717) is 33.1 Å². The monoisotopic (exact) mass is 315 g/mol. The summed E-state index contributed by atoms with van der Waals surface area (Å²) in [5, 5.41) is 4.75. The van der Waals surface area contributed by atoms with Crippen LogP contribution in [0.4, 0.5) is 0 Å². The minimum atomic E-state index is 0.527. The van der Waals surface area contributed by atoms with Gasteiger partial charge in [-0.15, -0.1) is 0 Å². The molecule has 0 spiro atoms. The highest BCUT2D eigenvalue weighted by molar-refractivity contribution is 6.34. The Morgan fingerprint density at radius 3 is 2.26 bits per heavy atom. The lowest BCUT2D eigenvalue weighted by Gasteiger charge is -2.12. The van der Waals surface area contributed by atoms with Crippen molar-refractivity contribution in [3.05, 3.63) is 57.0 Å². The quantitative estimate of drug-likeness (QED) is 0.841. The van der Waals surface area contributed by atoms with Gasteiger partial charge in [0, 0.05) is 27.2 Å². The Kier molecular flexibility index (Phi) is 4.94. The number of ether oxygens (including phenoxy) is 1. The zero-order valence-electron chi connectivity index (χ0n) is 10.2. The summed E-state index contributed by atoms with van der Waals surface area (Å²) >= 11 is 17.9. The molecule has 0 fully saturated rings. The normalized spacial score (nSPS) is 10.5. The summed E-state index contributed by atoms with van der Waals surface area (Å²) in [6.45, 7) is 0.681. The minimum absolute atomic E-state index is 0.527. The molecule has 0 atom stereocenters. The van der Waals surface area contributed by atoms with Gasteiger partial charge in [0.2, 0.25) is 0 Å². The van der Waals surface area contributed by atoms with Gasteiger partial charge >= 0.3 is 0 Å². The van der Waals surface area contributed by atoms with Gasteiger partial charge in [0.15, 0.2) is 0 Å². The molecule has 0 aromatic heterocycles. The summed E-state index contributed by atoms with van der Waals surface area (Å²) in [5.74, 6) is 1.26. The van der Waals surface area contributed by atoms with Crippen LogP contribution < -0.4 is 10.1 Å². The van der Waals surface area contributed by atoms with Crippen LogP contribution in [0.3, 0.4) is 0 Å². The number of hydrogen-bond donors (Lipinski definition) is 1. The highest BCUT2D eigenvalue weighted by Crippen LogP contribution is 2.31. The summed E-state index contributed by atoms with van der Waals surface area (Å²) in [5.41, 5.74) is 1.00. The van der Waals surface area contributed by atoms with Crippen LogP contribution >= 0.6 is 34.8 Å². The smallest absolute Gasteiger partial charge is 0.133 e. The van der Waals surface area contributed by atoms with E-state index < -0.39 is 0 Å². The molecule has 2 aromatic carbocycles. The van der Waals surface area contributed by atoms with Gasteiger partial charge in [-0.05, 0) is 37.4 Å². The first-order valence-electron chi connectivity index (χ1n) is 5.65. The van der Waals surface area contributed by atoms with Crippen molar-refractivity contribution in [2.24, 2.45) is 0 Å².